The molecule has 6 heteroatoms. The topological polar surface area (TPSA) is 77.2 Å². The Bertz CT molecular complexity index is 911. The maximum absolute atomic E-state index is 13.0. The molecule has 1 aromatic heterocycles. The molecular formula is C25H31N3O3. The van der Waals surface area contributed by atoms with E-state index in [2.05, 4.69) is 29.4 Å². The second kappa shape index (κ2) is 11.3. The molecule has 0 aliphatic carbocycles. The van der Waals surface area contributed by atoms with E-state index in [9.17, 15) is 4.79 Å². The number of ether oxygens (including phenoxy) is 1. The largest absolute Gasteiger partial charge is 0.493 e. The lowest BCUT2D eigenvalue weighted by atomic mass is 9.98. The summed E-state index contributed by atoms with van der Waals surface area (Å²) in [6.45, 7) is 6.98. The van der Waals surface area contributed by atoms with E-state index in [0.717, 1.165) is 29.7 Å². The Labute approximate surface area is 184 Å². The zero-order chi connectivity index (χ0) is 22.1. The minimum Gasteiger partial charge on any atom is -0.493 e. The molecule has 1 amide bonds. The highest BCUT2D eigenvalue weighted by molar-refractivity contribution is 5.83. The van der Waals surface area contributed by atoms with E-state index < -0.39 is 0 Å². The average molecular weight is 422 g/mol. The van der Waals surface area contributed by atoms with Crippen LogP contribution < -0.4 is 10.1 Å². The number of aromatic nitrogens is 2. The molecule has 1 N–H and O–H groups in total. The number of rotatable bonds is 11. The summed E-state index contributed by atoms with van der Waals surface area (Å²) >= 11 is 0. The van der Waals surface area contributed by atoms with Crippen LogP contribution in [0.15, 0.2) is 65.4 Å². The van der Waals surface area contributed by atoms with Crippen LogP contribution in [-0.4, -0.2) is 22.7 Å². The molecule has 0 radical (unpaired) electrons. The van der Waals surface area contributed by atoms with E-state index in [-0.39, 0.29) is 17.9 Å². The van der Waals surface area contributed by atoms with E-state index in [1.165, 1.54) is 6.39 Å². The van der Waals surface area contributed by atoms with Crippen LogP contribution in [0.3, 0.4) is 0 Å². The molecule has 0 saturated carbocycles. The van der Waals surface area contributed by atoms with Crippen molar-refractivity contribution in [3.63, 3.8) is 0 Å². The fraction of sp³-hybridized carbons (Fsp3) is 0.400. The van der Waals surface area contributed by atoms with Gasteiger partial charge in [0, 0.05) is 0 Å². The Kier molecular flexibility index (Phi) is 8.21. The van der Waals surface area contributed by atoms with Gasteiger partial charge in [-0.25, -0.2) is 0 Å². The summed E-state index contributed by atoms with van der Waals surface area (Å²) in [5.41, 5.74) is 1.93. The van der Waals surface area contributed by atoms with Gasteiger partial charge in [0.15, 0.2) is 0 Å². The Morgan fingerprint density at radius 3 is 2.45 bits per heavy atom. The van der Waals surface area contributed by atoms with E-state index in [0.29, 0.717) is 24.8 Å². The van der Waals surface area contributed by atoms with Crippen LogP contribution in [-0.2, 0) is 11.2 Å². The molecule has 3 rings (SSSR count). The molecule has 0 aliphatic heterocycles. The summed E-state index contributed by atoms with van der Waals surface area (Å²) in [6.07, 6.45) is 4.02. The van der Waals surface area contributed by atoms with Crippen LogP contribution in [0.4, 0.5) is 0 Å². The third kappa shape index (κ3) is 6.67. The van der Waals surface area contributed by atoms with Crippen molar-refractivity contribution >= 4 is 5.91 Å². The van der Waals surface area contributed by atoms with Crippen molar-refractivity contribution in [1.29, 1.82) is 0 Å². The van der Waals surface area contributed by atoms with Crippen LogP contribution >= 0.6 is 0 Å². The molecule has 0 saturated heterocycles. The maximum Gasteiger partial charge on any atom is 0.227 e. The lowest BCUT2D eigenvalue weighted by molar-refractivity contribution is -0.123. The first-order valence-corrected chi connectivity index (χ1v) is 10.9. The molecular weight excluding hydrogens is 390 g/mol. The number of carbonyl (C=O) groups excluding carboxylic acids is 1. The Morgan fingerprint density at radius 2 is 1.81 bits per heavy atom. The van der Waals surface area contributed by atoms with E-state index in [4.69, 9.17) is 9.15 Å². The molecule has 6 nitrogen and oxygen atoms in total. The first kappa shape index (κ1) is 22.5. The lowest BCUT2D eigenvalue weighted by Gasteiger charge is -2.21. The van der Waals surface area contributed by atoms with Crippen LogP contribution in [0.1, 0.15) is 62.6 Å². The number of amides is 1. The van der Waals surface area contributed by atoms with Crippen molar-refractivity contribution in [2.75, 3.05) is 6.61 Å². The minimum atomic E-state index is -0.285. The van der Waals surface area contributed by atoms with Crippen molar-refractivity contribution in [2.24, 2.45) is 5.92 Å². The molecule has 1 unspecified atom stereocenters. The van der Waals surface area contributed by atoms with E-state index in [1.807, 2.05) is 61.5 Å². The minimum absolute atomic E-state index is 0.0515. The third-order valence-electron chi connectivity index (χ3n) is 5.39. The number of hydrogen-bond donors (Lipinski definition) is 1. The molecule has 3 aromatic rings. The number of carbonyl (C=O) groups is 1. The SMILES string of the molecule is CCCC(C)COc1ccc([C@H](Cc2nnco2)NC(=O)[C@@H](C)c2ccccc2)cc1. The van der Waals surface area contributed by atoms with Gasteiger partial charge in [0.2, 0.25) is 18.2 Å². The standard InChI is InChI=1S/C25H31N3O3/c1-4-8-18(2)16-30-22-13-11-21(12-14-22)23(15-24-28-26-17-31-24)27-25(29)19(3)20-9-6-5-7-10-20/h5-7,9-14,17-19,23H,4,8,15-16H2,1-3H3,(H,27,29)/t18?,19-,23-/m0/s1. The molecule has 164 valence electrons. The predicted octanol–water partition coefficient (Wildman–Crippen LogP) is 5.09. The highest BCUT2D eigenvalue weighted by Crippen LogP contribution is 2.23. The fourth-order valence-electron chi connectivity index (χ4n) is 3.51. The van der Waals surface area contributed by atoms with Gasteiger partial charge < -0.3 is 14.5 Å². The van der Waals surface area contributed by atoms with Crippen molar-refractivity contribution in [2.45, 2.75) is 52.0 Å². The molecule has 3 atom stereocenters. The van der Waals surface area contributed by atoms with Crippen LogP contribution in [0.25, 0.3) is 0 Å². The number of nitrogens with zero attached hydrogens (tertiary/aromatic N) is 2. The van der Waals surface area contributed by atoms with Crippen LogP contribution in [0.5, 0.6) is 5.75 Å². The van der Waals surface area contributed by atoms with Crippen molar-refractivity contribution < 1.29 is 13.9 Å². The van der Waals surface area contributed by atoms with Gasteiger partial charge in [-0.05, 0) is 42.5 Å². The third-order valence-corrected chi connectivity index (χ3v) is 5.39. The molecule has 0 spiro atoms. The molecule has 2 aromatic carbocycles. The highest BCUT2D eigenvalue weighted by Gasteiger charge is 2.22. The van der Waals surface area contributed by atoms with Gasteiger partial charge in [0.25, 0.3) is 0 Å². The number of hydrogen-bond acceptors (Lipinski definition) is 5. The number of nitrogens with one attached hydrogen (secondary N) is 1. The second-order valence-corrected chi connectivity index (χ2v) is 8.00. The van der Waals surface area contributed by atoms with Crippen LogP contribution in [0, 0.1) is 5.92 Å². The number of benzene rings is 2. The zero-order valence-electron chi connectivity index (χ0n) is 18.5. The quantitative estimate of drug-likeness (QED) is 0.467. The van der Waals surface area contributed by atoms with Gasteiger partial charge in [-0.2, -0.15) is 0 Å². The zero-order valence-corrected chi connectivity index (χ0v) is 18.5. The second-order valence-electron chi connectivity index (χ2n) is 8.00. The molecule has 0 bridgehead atoms. The van der Waals surface area contributed by atoms with E-state index >= 15 is 0 Å². The average Bonchev–Trinajstić information content (AvgIpc) is 3.31. The van der Waals surface area contributed by atoms with Gasteiger partial charge >= 0.3 is 0 Å². The predicted molar refractivity (Wildman–Crippen MR) is 120 cm³/mol. The molecule has 0 fully saturated rings. The van der Waals surface area contributed by atoms with Gasteiger partial charge in [-0.1, -0.05) is 62.7 Å². The van der Waals surface area contributed by atoms with Gasteiger partial charge in [0.1, 0.15) is 5.75 Å². The Hall–Kier alpha value is -3.15. The molecule has 0 aliphatic rings. The summed E-state index contributed by atoms with van der Waals surface area (Å²) in [5, 5.41) is 10.9. The summed E-state index contributed by atoms with van der Waals surface area (Å²) in [5.74, 6) is 1.51. The van der Waals surface area contributed by atoms with Crippen molar-refractivity contribution in [3.05, 3.63) is 78.0 Å². The smallest absolute Gasteiger partial charge is 0.227 e. The highest BCUT2D eigenvalue weighted by atomic mass is 16.5. The molecule has 1 heterocycles. The fourth-order valence-corrected chi connectivity index (χ4v) is 3.51. The molecule has 31 heavy (non-hydrogen) atoms. The lowest BCUT2D eigenvalue weighted by Crippen LogP contribution is -2.33. The Morgan fingerprint density at radius 1 is 1.06 bits per heavy atom. The maximum atomic E-state index is 13.0. The summed E-state index contributed by atoms with van der Waals surface area (Å²) in [7, 11) is 0. The monoisotopic (exact) mass is 421 g/mol. The summed E-state index contributed by atoms with van der Waals surface area (Å²) < 4.78 is 11.2. The normalized spacial score (nSPS) is 13.9. The van der Waals surface area contributed by atoms with Gasteiger partial charge in [-0.3, -0.25) is 4.79 Å². The first-order valence-electron chi connectivity index (χ1n) is 10.9. The van der Waals surface area contributed by atoms with Gasteiger partial charge in [-0.15, -0.1) is 10.2 Å². The summed E-state index contributed by atoms with van der Waals surface area (Å²) in [4.78, 5) is 13.0. The summed E-state index contributed by atoms with van der Waals surface area (Å²) in [6, 6.07) is 17.3. The van der Waals surface area contributed by atoms with Gasteiger partial charge in [0.05, 0.1) is 25.0 Å². The Balaban J connectivity index is 1.70. The first-order chi connectivity index (χ1) is 15.1. The van der Waals surface area contributed by atoms with Crippen molar-refractivity contribution in [1.82, 2.24) is 15.5 Å². The van der Waals surface area contributed by atoms with E-state index in [1.54, 1.807) is 0 Å². The van der Waals surface area contributed by atoms with Crippen LogP contribution in [0.2, 0.25) is 0 Å². The van der Waals surface area contributed by atoms with Crippen molar-refractivity contribution in [3.8, 4) is 5.75 Å².